The lowest BCUT2D eigenvalue weighted by Crippen LogP contribution is -2.37. The Morgan fingerprint density at radius 2 is 1.81 bits per heavy atom. The van der Waals surface area contributed by atoms with Crippen LogP contribution in [0, 0.1) is 17.2 Å². The van der Waals surface area contributed by atoms with E-state index in [0.29, 0.717) is 11.3 Å². The molecule has 1 atom stereocenters. The van der Waals surface area contributed by atoms with Crippen LogP contribution in [0.1, 0.15) is 58.9 Å². The second-order valence-corrected chi connectivity index (χ2v) is 6.79. The van der Waals surface area contributed by atoms with Gasteiger partial charge in [-0.1, -0.05) is 52.7 Å². The van der Waals surface area contributed by atoms with Gasteiger partial charge in [-0.3, -0.25) is 0 Å². The van der Waals surface area contributed by atoms with Crippen LogP contribution < -0.4 is 5.32 Å². The highest BCUT2D eigenvalue weighted by atomic mass is 19.1. The maximum Gasteiger partial charge on any atom is 0.123 e. The summed E-state index contributed by atoms with van der Waals surface area (Å²) in [4.78, 5) is 0. The monoisotopic (exact) mass is 293 g/mol. The molecule has 0 aromatic heterocycles. The first kappa shape index (κ1) is 18.2. The SMILES string of the molecule is CCCCC(CC)(CNCC(C)C)Cc1ccc(F)cc1. The Kier molecular flexibility index (Phi) is 7.95. The third-order valence-electron chi connectivity index (χ3n) is 4.36. The van der Waals surface area contributed by atoms with E-state index in [2.05, 4.69) is 33.0 Å². The van der Waals surface area contributed by atoms with Crippen LogP contribution in [0.2, 0.25) is 0 Å². The highest BCUT2D eigenvalue weighted by Crippen LogP contribution is 2.32. The van der Waals surface area contributed by atoms with Gasteiger partial charge in [0.2, 0.25) is 0 Å². The third kappa shape index (κ3) is 6.60. The molecule has 0 spiro atoms. The molecule has 0 saturated heterocycles. The summed E-state index contributed by atoms with van der Waals surface area (Å²) in [5, 5.41) is 3.64. The number of hydrogen-bond acceptors (Lipinski definition) is 1. The first-order valence-corrected chi connectivity index (χ1v) is 8.46. The highest BCUT2D eigenvalue weighted by Gasteiger charge is 2.27. The van der Waals surface area contributed by atoms with Crippen molar-refractivity contribution in [1.82, 2.24) is 5.32 Å². The molecule has 1 N–H and O–H groups in total. The standard InChI is InChI=1S/C19H32FN/c1-5-7-12-19(6-2,15-21-14-16(3)4)13-17-8-10-18(20)11-9-17/h8-11,16,21H,5-7,12-15H2,1-4H3. The zero-order chi connectivity index (χ0) is 15.7. The molecule has 120 valence electrons. The van der Waals surface area contributed by atoms with E-state index in [0.717, 1.165) is 25.9 Å². The van der Waals surface area contributed by atoms with Crippen molar-refractivity contribution in [3.8, 4) is 0 Å². The van der Waals surface area contributed by atoms with Crippen LogP contribution in [0.4, 0.5) is 4.39 Å². The third-order valence-corrected chi connectivity index (χ3v) is 4.36. The number of halogens is 1. The molecule has 0 fully saturated rings. The summed E-state index contributed by atoms with van der Waals surface area (Å²) in [5.41, 5.74) is 1.55. The first-order chi connectivity index (χ1) is 10.0. The molecule has 1 unspecified atom stereocenters. The molecule has 0 aliphatic rings. The van der Waals surface area contributed by atoms with Gasteiger partial charge < -0.3 is 5.32 Å². The van der Waals surface area contributed by atoms with E-state index in [9.17, 15) is 4.39 Å². The summed E-state index contributed by atoms with van der Waals surface area (Å²) in [6, 6.07) is 7.04. The summed E-state index contributed by atoms with van der Waals surface area (Å²) < 4.78 is 13.1. The lowest BCUT2D eigenvalue weighted by Gasteiger charge is -2.34. The Labute approximate surface area is 130 Å². The summed E-state index contributed by atoms with van der Waals surface area (Å²) in [5.74, 6) is 0.531. The lowest BCUT2D eigenvalue weighted by atomic mass is 9.75. The molecule has 0 bridgehead atoms. The van der Waals surface area contributed by atoms with Gasteiger partial charge in [0.1, 0.15) is 5.82 Å². The summed E-state index contributed by atoms with van der Waals surface area (Å²) >= 11 is 0. The van der Waals surface area contributed by atoms with Crippen molar-refractivity contribution in [1.29, 1.82) is 0 Å². The van der Waals surface area contributed by atoms with Crippen LogP contribution in [0.15, 0.2) is 24.3 Å². The minimum Gasteiger partial charge on any atom is -0.316 e. The molecule has 1 aromatic rings. The second kappa shape index (κ2) is 9.19. The van der Waals surface area contributed by atoms with Gasteiger partial charge >= 0.3 is 0 Å². The fraction of sp³-hybridized carbons (Fsp3) is 0.684. The number of unbranched alkanes of at least 4 members (excludes halogenated alkanes) is 1. The number of hydrogen-bond donors (Lipinski definition) is 1. The van der Waals surface area contributed by atoms with E-state index in [-0.39, 0.29) is 5.82 Å². The van der Waals surface area contributed by atoms with E-state index < -0.39 is 0 Å². The smallest absolute Gasteiger partial charge is 0.123 e. The Balaban J connectivity index is 2.75. The van der Waals surface area contributed by atoms with Gasteiger partial charge in [0.15, 0.2) is 0 Å². The quantitative estimate of drug-likeness (QED) is 0.625. The Hall–Kier alpha value is -0.890. The molecule has 0 aliphatic carbocycles. The number of rotatable bonds is 10. The zero-order valence-electron chi connectivity index (χ0n) is 14.2. The fourth-order valence-electron chi connectivity index (χ4n) is 2.88. The normalized spacial score (nSPS) is 14.4. The fourth-order valence-corrected chi connectivity index (χ4v) is 2.88. The largest absolute Gasteiger partial charge is 0.316 e. The van der Waals surface area contributed by atoms with Crippen LogP contribution in [-0.4, -0.2) is 13.1 Å². The molecule has 0 radical (unpaired) electrons. The average Bonchev–Trinajstić information content (AvgIpc) is 2.46. The van der Waals surface area contributed by atoms with Crippen LogP contribution in [0.25, 0.3) is 0 Å². The molecule has 2 heteroatoms. The molecule has 1 aromatic carbocycles. The molecule has 0 heterocycles. The van der Waals surface area contributed by atoms with E-state index >= 15 is 0 Å². The molecule has 0 amide bonds. The number of benzene rings is 1. The molecular formula is C19H32FN. The summed E-state index contributed by atoms with van der Waals surface area (Å²) in [7, 11) is 0. The van der Waals surface area contributed by atoms with Gasteiger partial charge in [-0.15, -0.1) is 0 Å². The highest BCUT2D eigenvalue weighted by molar-refractivity contribution is 5.18. The van der Waals surface area contributed by atoms with Crippen molar-refractivity contribution in [2.75, 3.05) is 13.1 Å². The Morgan fingerprint density at radius 1 is 1.14 bits per heavy atom. The Morgan fingerprint density at radius 3 is 2.33 bits per heavy atom. The van der Waals surface area contributed by atoms with Crippen molar-refractivity contribution in [2.45, 2.75) is 59.8 Å². The van der Waals surface area contributed by atoms with Gasteiger partial charge in [-0.25, -0.2) is 4.39 Å². The number of nitrogens with one attached hydrogen (secondary N) is 1. The van der Waals surface area contributed by atoms with Gasteiger partial charge in [-0.05, 0) is 54.8 Å². The van der Waals surface area contributed by atoms with Gasteiger partial charge in [0.25, 0.3) is 0 Å². The van der Waals surface area contributed by atoms with E-state index in [4.69, 9.17) is 0 Å². The van der Waals surface area contributed by atoms with Crippen molar-refractivity contribution in [3.05, 3.63) is 35.6 Å². The maximum absolute atomic E-state index is 13.1. The van der Waals surface area contributed by atoms with E-state index in [1.807, 2.05) is 12.1 Å². The predicted molar refractivity (Wildman–Crippen MR) is 90.1 cm³/mol. The minimum absolute atomic E-state index is 0.146. The maximum atomic E-state index is 13.1. The lowest BCUT2D eigenvalue weighted by molar-refractivity contribution is 0.226. The van der Waals surface area contributed by atoms with Crippen LogP contribution in [-0.2, 0) is 6.42 Å². The van der Waals surface area contributed by atoms with Crippen LogP contribution >= 0.6 is 0 Å². The minimum atomic E-state index is -0.146. The predicted octanol–water partition coefficient (Wildman–Crippen LogP) is 5.20. The van der Waals surface area contributed by atoms with Crippen molar-refractivity contribution >= 4 is 0 Å². The van der Waals surface area contributed by atoms with Crippen LogP contribution in [0.5, 0.6) is 0 Å². The van der Waals surface area contributed by atoms with Crippen LogP contribution in [0.3, 0.4) is 0 Å². The topological polar surface area (TPSA) is 12.0 Å². The average molecular weight is 293 g/mol. The van der Waals surface area contributed by atoms with Crippen molar-refractivity contribution < 1.29 is 4.39 Å². The second-order valence-electron chi connectivity index (χ2n) is 6.79. The van der Waals surface area contributed by atoms with Gasteiger partial charge in [0.05, 0.1) is 0 Å². The molecule has 0 saturated carbocycles. The molecule has 1 rings (SSSR count). The van der Waals surface area contributed by atoms with Gasteiger partial charge in [-0.2, -0.15) is 0 Å². The van der Waals surface area contributed by atoms with Gasteiger partial charge in [0, 0.05) is 6.54 Å². The Bertz CT molecular complexity index is 385. The van der Waals surface area contributed by atoms with Crippen molar-refractivity contribution in [3.63, 3.8) is 0 Å². The van der Waals surface area contributed by atoms with E-state index in [1.165, 1.54) is 24.8 Å². The first-order valence-electron chi connectivity index (χ1n) is 8.46. The molecular weight excluding hydrogens is 261 g/mol. The molecule has 0 aliphatic heterocycles. The zero-order valence-corrected chi connectivity index (χ0v) is 14.2. The molecule has 1 nitrogen and oxygen atoms in total. The molecule has 21 heavy (non-hydrogen) atoms. The summed E-state index contributed by atoms with van der Waals surface area (Å²) in [6.45, 7) is 11.1. The van der Waals surface area contributed by atoms with E-state index in [1.54, 1.807) is 12.1 Å². The summed E-state index contributed by atoms with van der Waals surface area (Å²) in [6.07, 6.45) is 5.93. The van der Waals surface area contributed by atoms with Crippen molar-refractivity contribution in [2.24, 2.45) is 11.3 Å².